The minimum atomic E-state index is -3.52. The van der Waals surface area contributed by atoms with Crippen LogP contribution in [0.5, 0.6) is 5.88 Å². The Morgan fingerprint density at radius 3 is 2.56 bits per heavy atom. The molecule has 0 spiro atoms. The molecule has 32 heavy (non-hydrogen) atoms. The Bertz CT molecular complexity index is 1210. The molecule has 2 heterocycles. The van der Waals surface area contributed by atoms with Crippen LogP contribution in [0.1, 0.15) is 65.7 Å². The van der Waals surface area contributed by atoms with E-state index in [9.17, 15) is 18.0 Å². The number of rotatable bonds is 7. The number of carbonyl (C=O) groups is 2. The van der Waals surface area contributed by atoms with Crippen molar-refractivity contribution < 1.29 is 27.6 Å². The number of hydrogen-bond donors (Lipinski definition) is 0. The first-order valence-electron chi connectivity index (χ1n) is 10.4. The molecule has 0 radical (unpaired) electrons. The zero-order valence-corrected chi connectivity index (χ0v) is 19.7. The van der Waals surface area contributed by atoms with Crippen molar-refractivity contribution in [1.29, 1.82) is 0 Å². The lowest BCUT2D eigenvalue weighted by molar-refractivity contribution is -0.134. The number of sulfone groups is 1. The van der Waals surface area contributed by atoms with Crippen molar-refractivity contribution in [2.24, 2.45) is 5.16 Å². The first kappa shape index (κ1) is 23.6. The van der Waals surface area contributed by atoms with Crippen LogP contribution in [0, 0.1) is 13.8 Å². The van der Waals surface area contributed by atoms with Gasteiger partial charge in [0.1, 0.15) is 12.7 Å². The van der Waals surface area contributed by atoms with E-state index in [-0.39, 0.29) is 34.9 Å². The third kappa shape index (κ3) is 4.19. The minimum Gasteiger partial charge on any atom is -0.407 e. The molecule has 0 aliphatic carbocycles. The highest BCUT2D eigenvalue weighted by molar-refractivity contribution is 7.91. The average Bonchev–Trinajstić information content (AvgIpc) is 3.13. The van der Waals surface area contributed by atoms with Gasteiger partial charge in [-0.1, -0.05) is 12.1 Å². The molecule has 3 rings (SSSR count). The number of esters is 1. The second-order valence-corrected chi connectivity index (χ2v) is 9.64. The standard InChI is InChI=1S/C22H27N3O6S/c1-6-8-18(26)31-22-16(12-23-25(22)7-2)20(27)15-11-13(3)21-19(14(15)4)17(24-30-5)9-10-32(21,28)29/h11-12H,6-10H2,1-5H3/b24-17+. The van der Waals surface area contributed by atoms with Crippen LogP contribution in [0.15, 0.2) is 22.3 Å². The molecule has 0 bridgehead atoms. The van der Waals surface area contributed by atoms with Crippen LogP contribution in [-0.2, 0) is 26.0 Å². The van der Waals surface area contributed by atoms with Crippen LogP contribution in [0.25, 0.3) is 0 Å². The van der Waals surface area contributed by atoms with Crippen molar-refractivity contribution in [2.45, 2.75) is 58.4 Å². The van der Waals surface area contributed by atoms with Gasteiger partial charge >= 0.3 is 5.97 Å². The SMILES string of the molecule is CCCC(=O)Oc1c(C(=O)c2cc(C)c3c(c2C)/C(=N/OC)CCS3(=O)=O)cnn1CC. The van der Waals surface area contributed by atoms with Crippen LogP contribution < -0.4 is 4.74 Å². The van der Waals surface area contributed by atoms with Gasteiger partial charge in [-0.15, -0.1) is 0 Å². The predicted octanol–water partition coefficient (Wildman–Crippen LogP) is 2.98. The van der Waals surface area contributed by atoms with E-state index < -0.39 is 21.6 Å². The summed E-state index contributed by atoms with van der Waals surface area (Å²) in [5.41, 5.74) is 2.24. The van der Waals surface area contributed by atoms with Gasteiger partial charge in [-0.05, 0) is 44.4 Å². The smallest absolute Gasteiger partial charge is 0.312 e. The van der Waals surface area contributed by atoms with Gasteiger partial charge in [-0.2, -0.15) is 5.10 Å². The number of aryl methyl sites for hydroxylation is 2. The van der Waals surface area contributed by atoms with E-state index in [1.165, 1.54) is 18.0 Å². The summed E-state index contributed by atoms with van der Waals surface area (Å²) in [5, 5.41) is 8.20. The van der Waals surface area contributed by atoms with E-state index in [4.69, 9.17) is 9.57 Å². The molecule has 0 N–H and O–H groups in total. The highest BCUT2D eigenvalue weighted by Gasteiger charge is 2.34. The van der Waals surface area contributed by atoms with Crippen molar-refractivity contribution in [2.75, 3.05) is 12.9 Å². The van der Waals surface area contributed by atoms with Crippen molar-refractivity contribution in [3.63, 3.8) is 0 Å². The Balaban J connectivity index is 2.19. The summed E-state index contributed by atoms with van der Waals surface area (Å²) >= 11 is 0. The monoisotopic (exact) mass is 461 g/mol. The van der Waals surface area contributed by atoms with E-state index in [2.05, 4.69) is 10.3 Å². The van der Waals surface area contributed by atoms with Crippen molar-refractivity contribution >= 4 is 27.3 Å². The van der Waals surface area contributed by atoms with Crippen LogP contribution in [0.2, 0.25) is 0 Å². The zero-order chi connectivity index (χ0) is 23.6. The Morgan fingerprint density at radius 1 is 1.22 bits per heavy atom. The van der Waals surface area contributed by atoms with Crippen molar-refractivity contribution in [3.8, 4) is 5.88 Å². The minimum absolute atomic E-state index is 0.0729. The Morgan fingerprint density at radius 2 is 1.94 bits per heavy atom. The molecule has 0 amide bonds. The third-order valence-electron chi connectivity index (χ3n) is 5.38. The van der Waals surface area contributed by atoms with Gasteiger partial charge in [0.25, 0.3) is 0 Å². The molecule has 0 fully saturated rings. The maximum Gasteiger partial charge on any atom is 0.312 e. The van der Waals surface area contributed by atoms with E-state index in [1.807, 2.05) is 13.8 Å². The summed E-state index contributed by atoms with van der Waals surface area (Å²) in [6.07, 6.45) is 2.39. The van der Waals surface area contributed by atoms with Crippen LogP contribution in [-0.4, -0.2) is 48.5 Å². The first-order valence-corrected chi connectivity index (χ1v) is 12.1. The summed E-state index contributed by atoms with van der Waals surface area (Å²) in [7, 11) is -2.13. The molecule has 2 aromatic rings. The van der Waals surface area contributed by atoms with Gasteiger partial charge in [0.2, 0.25) is 5.88 Å². The van der Waals surface area contributed by atoms with Crippen LogP contribution in [0.3, 0.4) is 0 Å². The number of carbonyl (C=O) groups excluding carboxylic acids is 2. The molecule has 0 atom stereocenters. The lowest BCUT2D eigenvalue weighted by Gasteiger charge is -2.23. The van der Waals surface area contributed by atoms with Gasteiger partial charge in [0, 0.05) is 30.5 Å². The fraction of sp³-hybridized carbons (Fsp3) is 0.455. The number of hydrogen-bond acceptors (Lipinski definition) is 8. The number of nitrogens with zero attached hydrogens (tertiary/aromatic N) is 3. The number of fused-ring (bicyclic) bond motifs is 1. The van der Waals surface area contributed by atoms with Gasteiger partial charge in [0.05, 0.1) is 22.6 Å². The molecule has 1 aromatic heterocycles. The normalized spacial score (nSPS) is 16.0. The molecule has 9 nitrogen and oxygen atoms in total. The predicted molar refractivity (Wildman–Crippen MR) is 118 cm³/mol. The summed E-state index contributed by atoms with van der Waals surface area (Å²) in [6, 6.07) is 1.56. The molecule has 10 heteroatoms. The Hall–Kier alpha value is -3.01. The highest BCUT2D eigenvalue weighted by Crippen LogP contribution is 2.35. The molecular weight excluding hydrogens is 434 g/mol. The number of ether oxygens (including phenoxy) is 1. The second kappa shape index (κ2) is 9.23. The summed E-state index contributed by atoms with van der Waals surface area (Å²) in [6.45, 7) is 7.43. The fourth-order valence-corrected chi connectivity index (χ4v) is 5.70. The molecular formula is C22H27N3O6S. The quantitative estimate of drug-likeness (QED) is 0.353. The van der Waals surface area contributed by atoms with Gasteiger partial charge in [-0.25, -0.2) is 13.1 Å². The highest BCUT2D eigenvalue weighted by atomic mass is 32.2. The van der Waals surface area contributed by atoms with E-state index >= 15 is 0 Å². The molecule has 0 unspecified atom stereocenters. The molecule has 1 aliphatic rings. The van der Waals surface area contributed by atoms with E-state index in [0.717, 1.165) is 0 Å². The van der Waals surface area contributed by atoms with Gasteiger partial charge in [0.15, 0.2) is 15.6 Å². The molecule has 1 aromatic carbocycles. The van der Waals surface area contributed by atoms with Crippen molar-refractivity contribution in [1.82, 2.24) is 9.78 Å². The number of benzene rings is 1. The topological polar surface area (TPSA) is 117 Å². The zero-order valence-electron chi connectivity index (χ0n) is 18.9. The van der Waals surface area contributed by atoms with E-state index in [1.54, 1.807) is 19.9 Å². The maximum absolute atomic E-state index is 13.6. The molecule has 0 saturated carbocycles. The number of ketones is 1. The maximum atomic E-state index is 13.6. The summed E-state index contributed by atoms with van der Waals surface area (Å²) in [4.78, 5) is 30.8. The fourth-order valence-electron chi connectivity index (χ4n) is 3.91. The van der Waals surface area contributed by atoms with Gasteiger partial charge < -0.3 is 9.57 Å². The number of aromatic nitrogens is 2. The Kier molecular flexibility index (Phi) is 6.82. The molecule has 172 valence electrons. The number of oxime groups is 1. The van der Waals surface area contributed by atoms with E-state index in [0.29, 0.717) is 40.9 Å². The largest absolute Gasteiger partial charge is 0.407 e. The lowest BCUT2D eigenvalue weighted by Crippen LogP contribution is -2.26. The average molecular weight is 462 g/mol. The Labute approximate surface area is 187 Å². The summed E-state index contributed by atoms with van der Waals surface area (Å²) < 4.78 is 32.5. The third-order valence-corrected chi connectivity index (χ3v) is 7.27. The van der Waals surface area contributed by atoms with Gasteiger partial charge in [-0.3, -0.25) is 9.59 Å². The van der Waals surface area contributed by atoms with Crippen LogP contribution in [0.4, 0.5) is 0 Å². The lowest BCUT2D eigenvalue weighted by atomic mass is 9.91. The van der Waals surface area contributed by atoms with Crippen molar-refractivity contribution in [3.05, 3.63) is 40.1 Å². The molecule has 1 aliphatic heterocycles. The molecule has 0 saturated heterocycles. The van der Waals surface area contributed by atoms with Crippen LogP contribution >= 0.6 is 0 Å². The second-order valence-electron chi connectivity index (χ2n) is 7.59. The first-order chi connectivity index (χ1) is 15.2. The summed E-state index contributed by atoms with van der Waals surface area (Å²) in [5.74, 6) is -0.844.